The minimum atomic E-state index is -3.87. The molecule has 28 heavy (non-hydrogen) atoms. The number of hydrogen-bond donors (Lipinski definition) is 2. The molecule has 0 fully saturated rings. The lowest BCUT2D eigenvalue weighted by Crippen LogP contribution is -2.32. The first kappa shape index (κ1) is 22.0. The lowest BCUT2D eigenvalue weighted by molar-refractivity contribution is -0.119. The number of aryl methyl sites for hydroxylation is 1. The standard InChI is InChI=1S/C19H23ClN2O5S/c1-13-4-6-15(7-5-13)28(24,25)17-11-14(20)10-16(19(17)27-3)22-12-18(23)21-8-9-26-2/h4-7,10-11,22H,8-9,12H2,1-3H3,(H,21,23). The summed E-state index contributed by atoms with van der Waals surface area (Å²) in [6.07, 6.45) is 0. The largest absolute Gasteiger partial charge is 0.493 e. The van der Waals surface area contributed by atoms with Crippen molar-refractivity contribution < 1.29 is 22.7 Å². The van der Waals surface area contributed by atoms with Crippen LogP contribution < -0.4 is 15.4 Å². The van der Waals surface area contributed by atoms with Gasteiger partial charge in [0, 0.05) is 18.7 Å². The zero-order chi connectivity index (χ0) is 20.7. The van der Waals surface area contributed by atoms with Gasteiger partial charge in [-0.3, -0.25) is 4.79 Å². The van der Waals surface area contributed by atoms with Crippen LogP contribution in [-0.4, -0.2) is 48.2 Å². The monoisotopic (exact) mass is 426 g/mol. The summed E-state index contributed by atoms with van der Waals surface area (Å²) in [5, 5.41) is 5.74. The highest BCUT2D eigenvalue weighted by molar-refractivity contribution is 7.91. The van der Waals surface area contributed by atoms with Gasteiger partial charge in [0.1, 0.15) is 4.90 Å². The number of methoxy groups -OCH3 is 2. The van der Waals surface area contributed by atoms with Crippen LogP contribution in [0.15, 0.2) is 46.2 Å². The van der Waals surface area contributed by atoms with Gasteiger partial charge in [-0.15, -0.1) is 0 Å². The summed E-state index contributed by atoms with van der Waals surface area (Å²) in [5.41, 5.74) is 1.25. The number of ether oxygens (including phenoxy) is 2. The molecule has 2 aromatic rings. The Labute approximate surface area is 169 Å². The average molecular weight is 427 g/mol. The molecule has 0 bridgehead atoms. The van der Waals surface area contributed by atoms with Crippen molar-refractivity contribution in [3.05, 3.63) is 47.0 Å². The number of anilines is 1. The quantitative estimate of drug-likeness (QED) is 0.599. The molecular weight excluding hydrogens is 404 g/mol. The lowest BCUT2D eigenvalue weighted by atomic mass is 10.2. The van der Waals surface area contributed by atoms with E-state index < -0.39 is 9.84 Å². The molecule has 0 aromatic heterocycles. The van der Waals surface area contributed by atoms with Crippen LogP contribution in [0.3, 0.4) is 0 Å². The molecule has 0 saturated carbocycles. The van der Waals surface area contributed by atoms with Crippen molar-refractivity contribution in [2.45, 2.75) is 16.7 Å². The third-order valence-corrected chi connectivity index (χ3v) is 5.91. The van der Waals surface area contributed by atoms with Crippen LogP contribution in [0, 0.1) is 6.92 Å². The van der Waals surface area contributed by atoms with Gasteiger partial charge in [0.2, 0.25) is 15.7 Å². The molecule has 0 spiro atoms. The van der Waals surface area contributed by atoms with E-state index in [0.717, 1.165) is 5.56 Å². The minimum absolute atomic E-state index is 0.0753. The van der Waals surface area contributed by atoms with Gasteiger partial charge in [-0.05, 0) is 31.2 Å². The first-order chi connectivity index (χ1) is 13.3. The number of rotatable bonds is 9. The van der Waals surface area contributed by atoms with E-state index in [4.69, 9.17) is 21.1 Å². The number of carbonyl (C=O) groups excluding carboxylic acids is 1. The van der Waals surface area contributed by atoms with Crippen LogP contribution in [0.4, 0.5) is 5.69 Å². The van der Waals surface area contributed by atoms with E-state index in [0.29, 0.717) is 18.8 Å². The van der Waals surface area contributed by atoms with Gasteiger partial charge in [-0.2, -0.15) is 0 Å². The zero-order valence-corrected chi connectivity index (χ0v) is 17.5. The number of halogens is 1. The summed E-state index contributed by atoms with van der Waals surface area (Å²) < 4.78 is 36.4. The van der Waals surface area contributed by atoms with E-state index in [2.05, 4.69) is 10.6 Å². The summed E-state index contributed by atoms with van der Waals surface area (Å²) in [4.78, 5) is 11.9. The molecule has 0 unspecified atom stereocenters. The summed E-state index contributed by atoms with van der Waals surface area (Å²) in [6, 6.07) is 9.33. The second-order valence-corrected chi connectivity index (χ2v) is 8.35. The lowest BCUT2D eigenvalue weighted by Gasteiger charge is -2.16. The van der Waals surface area contributed by atoms with Crippen molar-refractivity contribution in [2.24, 2.45) is 0 Å². The molecule has 0 radical (unpaired) electrons. The van der Waals surface area contributed by atoms with Gasteiger partial charge < -0.3 is 20.1 Å². The Morgan fingerprint density at radius 2 is 1.82 bits per heavy atom. The van der Waals surface area contributed by atoms with Crippen LogP contribution in [-0.2, 0) is 19.4 Å². The molecular formula is C19H23ClN2O5S. The number of benzene rings is 2. The maximum absolute atomic E-state index is 13.1. The number of sulfone groups is 1. The van der Waals surface area contributed by atoms with Gasteiger partial charge >= 0.3 is 0 Å². The molecule has 0 aliphatic rings. The Kier molecular flexibility index (Phi) is 7.68. The Balaban J connectivity index is 2.33. The third-order valence-electron chi connectivity index (χ3n) is 3.91. The van der Waals surface area contributed by atoms with Gasteiger partial charge in [-0.1, -0.05) is 29.3 Å². The number of nitrogens with one attached hydrogen (secondary N) is 2. The molecule has 0 atom stereocenters. The van der Waals surface area contributed by atoms with Crippen molar-refractivity contribution >= 4 is 33.0 Å². The van der Waals surface area contributed by atoms with Gasteiger partial charge in [0.15, 0.2) is 5.75 Å². The number of carbonyl (C=O) groups is 1. The second kappa shape index (κ2) is 9.77. The zero-order valence-electron chi connectivity index (χ0n) is 15.9. The topological polar surface area (TPSA) is 93.7 Å². The van der Waals surface area contributed by atoms with Crippen molar-refractivity contribution in [1.29, 1.82) is 0 Å². The Bertz CT molecular complexity index is 930. The third kappa shape index (κ3) is 5.37. The molecule has 2 N–H and O–H groups in total. The average Bonchev–Trinajstić information content (AvgIpc) is 2.66. The molecule has 9 heteroatoms. The van der Waals surface area contributed by atoms with Crippen molar-refractivity contribution in [3.8, 4) is 5.75 Å². The van der Waals surface area contributed by atoms with Gasteiger partial charge in [0.25, 0.3) is 0 Å². The molecule has 0 aliphatic carbocycles. The number of amides is 1. The Morgan fingerprint density at radius 3 is 2.43 bits per heavy atom. The van der Waals surface area contributed by atoms with Crippen molar-refractivity contribution in [3.63, 3.8) is 0 Å². The Hall–Kier alpha value is -2.29. The van der Waals surface area contributed by atoms with Crippen LogP contribution >= 0.6 is 11.6 Å². The van der Waals surface area contributed by atoms with E-state index in [-0.39, 0.29) is 33.0 Å². The van der Waals surface area contributed by atoms with Crippen LogP contribution in [0.2, 0.25) is 5.02 Å². The van der Waals surface area contributed by atoms with Crippen molar-refractivity contribution in [2.75, 3.05) is 39.2 Å². The van der Waals surface area contributed by atoms with E-state index in [9.17, 15) is 13.2 Å². The predicted molar refractivity (Wildman–Crippen MR) is 108 cm³/mol. The fourth-order valence-corrected chi connectivity index (χ4v) is 4.24. The molecule has 2 aromatic carbocycles. The maximum Gasteiger partial charge on any atom is 0.239 e. The smallest absolute Gasteiger partial charge is 0.239 e. The fraction of sp³-hybridized carbons (Fsp3) is 0.316. The molecule has 1 amide bonds. The Morgan fingerprint density at radius 1 is 1.14 bits per heavy atom. The summed E-state index contributed by atoms with van der Waals surface area (Å²) in [6.45, 7) is 2.56. The molecule has 0 aliphatic heterocycles. The normalized spacial score (nSPS) is 11.1. The molecule has 7 nitrogen and oxygen atoms in total. The molecule has 0 saturated heterocycles. The van der Waals surface area contributed by atoms with E-state index in [1.54, 1.807) is 12.1 Å². The highest BCUT2D eigenvalue weighted by Gasteiger charge is 2.25. The van der Waals surface area contributed by atoms with Crippen LogP contribution in [0.1, 0.15) is 5.56 Å². The first-order valence-electron chi connectivity index (χ1n) is 8.48. The second-order valence-electron chi connectivity index (χ2n) is 6.00. The number of hydrogen-bond acceptors (Lipinski definition) is 6. The first-order valence-corrected chi connectivity index (χ1v) is 10.3. The van der Waals surface area contributed by atoms with Gasteiger partial charge in [-0.25, -0.2) is 8.42 Å². The maximum atomic E-state index is 13.1. The summed E-state index contributed by atoms with van der Waals surface area (Å²) >= 11 is 6.14. The molecule has 2 rings (SSSR count). The highest BCUT2D eigenvalue weighted by Crippen LogP contribution is 2.38. The van der Waals surface area contributed by atoms with Crippen molar-refractivity contribution in [1.82, 2.24) is 5.32 Å². The molecule has 152 valence electrons. The van der Waals surface area contributed by atoms with E-state index in [1.165, 1.54) is 38.5 Å². The summed E-state index contributed by atoms with van der Waals surface area (Å²) in [7, 11) is -0.965. The SMILES string of the molecule is COCCNC(=O)CNc1cc(Cl)cc(S(=O)(=O)c2ccc(C)cc2)c1OC. The van der Waals surface area contributed by atoms with E-state index in [1.807, 2.05) is 6.92 Å². The van der Waals surface area contributed by atoms with E-state index >= 15 is 0 Å². The van der Waals surface area contributed by atoms with Crippen LogP contribution in [0.25, 0.3) is 0 Å². The molecule has 0 heterocycles. The predicted octanol–water partition coefficient (Wildman–Crippen LogP) is 2.66. The van der Waals surface area contributed by atoms with Crippen LogP contribution in [0.5, 0.6) is 5.75 Å². The summed E-state index contributed by atoms with van der Waals surface area (Å²) in [5.74, 6) is -0.184. The fourth-order valence-electron chi connectivity index (χ4n) is 2.48. The van der Waals surface area contributed by atoms with Gasteiger partial charge in [0.05, 0.1) is 30.8 Å². The minimum Gasteiger partial charge on any atom is -0.493 e. The highest BCUT2D eigenvalue weighted by atomic mass is 35.5.